The SMILES string of the molecule is Cc1cc(O)ccc1NC(=O)C1C2CCC(C2)C1N. The molecule has 4 unspecified atom stereocenters. The summed E-state index contributed by atoms with van der Waals surface area (Å²) < 4.78 is 0. The van der Waals surface area contributed by atoms with Crippen LogP contribution < -0.4 is 11.1 Å². The molecule has 102 valence electrons. The molecule has 2 fully saturated rings. The minimum atomic E-state index is -0.0491. The molecule has 1 aromatic rings. The van der Waals surface area contributed by atoms with Crippen LogP contribution in [0.2, 0.25) is 0 Å². The molecular weight excluding hydrogens is 240 g/mol. The smallest absolute Gasteiger partial charge is 0.229 e. The van der Waals surface area contributed by atoms with Gasteiger partial charge in [0.1, 0.15) is 5.75 Å². The molecule has 4 heteroatoms. The Labute approximate surface area is 113 Å². The van der Waals surface area contributed by atoms with Crippen LogP contribution in [0, 0.1) is 24.7 Å². The van der Waals surface area contributed by atoms with E-state index in [1.54, 1.807) is 18.2 Å². The summed E-state index contributed by atoms with van der Waals surface area (Å²) in [5.41, 5.74) is 7.81. The molecule has 4 atom stereocenters. The minimum absolute atomic E-state index is 0.0103. The molecule has 4 nitrogen and oxygen atoms in total. The standard InChI is InChI=1S/C15H20N2O2/c1-8-6-11(18)4-5-12(8)17-15(19)13-9-2-3-10(7-9)14(13)16/h4-6,9-10,13-14,18H,2-3,7,16H2,1H3,(H,17,19). The molecule has 3 rings (SSSR count). The van der Waals surface area contributed by atoms with Gasteiger partial charge in [0.2, 0.25) is 5.91 Å². The first-order chi connectivity index (χ1) is 9.06. The highest BCUT2D eigenvalue weighted by molar-refractivity contribution is 5.94. The van der Waals surface area contributed by atoms with Gasteiger partial charge in [-0.05, 0) is 61.8 Å². The summed E-state index contributed by atoms with van der Waals surface area (Å²) in [4.78, 5) is 12.4. The maximum absolute atomic E-state index is 12.4. The first-order valence-electron chi connectivity index (χ1n) is 6.92. The number of phenolic OH excluding ortho intramolecular Hbond substituents is 1. The van der Waals surface area contributed by atoms with Crippen LogP contribution in [-0.4, -0.2) is 17.1 Å². The van der Waals surface area contributed by atoms with Crippen molar-refractivity contribution in [3.05, 3.63) is 23.8 Å². The van der Waals surface area contributed by atoms with Crippen LogP contribution in [-0.2, 0) is 4.79 Å². The average molecular weight is 260 g/mol. The molecule has 4 N–H and O–H groups in total. The number of benzene rings is 1. The van der Waals surface area contributed by atoms with Gasteiger partial charge in [0.15, 0.2) is 0 Å². The van der Waals surface area contributed by atoms with Crippen LogP contribution >= 0.6 is 0 Å². The Bertz CT molecular complexity index is 513. The molecule has 2 bridgehead atoms. The molecule has 19 heavy (non-hydrogen) atoms. The summed E-state index contributed by atoms with van der Waals surface area (Å²) in [6, 6.07) is 4.98. The Morgan fingerprint density at radius 3 is 2.74 bits per heavy atom. The molecule has 0 heterocycles. The van der Waals surface area contributed by atoms with Gasteiger partial charge in [-0.15, -0.1) is 0 Å². The van der Waals surface area contributed by atoms with Crippen molar-refractivity contribution in [2.45, 2.75) is 32.2 Å². The summed E-state index contributed by atoms with van der Waals surface area (Å²) in [7, 11) is 0. The van der Waals surface area contributed by atoms with E-state index in [9.17, 15) is 9.90 Å². The quantitative estimate of drug-likeness (QED) is 0.712. The second kappa shape index (κ2) is 4.53. The van der Waals surface area contributed by atoms with Gasteiger partial charge in [-0.1, -0.05) is 0 Å². The Morgan fingerprint density at radius 1 is 1.37 bits per heavy atom. The molecule has 0 radical (unpaired) electrons. The lowest BCUT2D eigenvalue weighted by atomic mass is 9.84. The van der Waals surface area contributed by atoms with Crippen molar-refractivity contribution in [1.82, 2.24) is 0 Å². The number of carbonyl (C=O) groups is 1. The minimum Gasteiger partial charge on any atom is -0.508 e. The van der Waals surface area contributed by atoms with Gasteiger partial charge in [0.25, 0.3) is 0 Å². The summed E-state index contributed by atoms with van der Waals surface area (Å²) in [6.45, 7) is 1.87. The molecule has 1 aromatic carbocycles. The van der Waals surface area contributed by atoms with Gasteiger partial charge in [-0.25, -0.2) is 0 Å². The van der Waals surface area contributed by atoms with E-state index in [0.29, 0.717) is 11.8 Å². The summed E-state index contributed by atoms with van der Waals surface area (Å²) in [5, 5.41) is 12.3. The number of aromatic hydroxyl groups is 1. The van der Waals surface area contributed by atoms with E-state index in [4.69, 9.17) is 5.73 Å². The van der Waals surface area contributed by atoms with Gasteiger partial charge in [-0.2, -0.15) is 0 Å². The number of nitrogens with two attached hydrogens (primary N) is 1. The van der Waals surface area contributed by atoms with E-state index in [1.165, 1.54) is 6.42 Å². The van der Waals surface area contributed by atoms with E-state index in [0.717, 1.165) is 24.1 Å². The third kappa shape index (κ3) is 2.10. The third-order valence-electron chi connectivity index (χ3n) is 4.75. The molecule has 2 aliphatic rings. The monoisotopic (exact) mass is 260 g/mol. The number of anilines is 1. The maximum atomic E-state index is 12.4. The number of amides is 1. The van der Waals surface area contributed by atoms with Gasteiger partial charge in [0.05, 0.1) is 5.92 Å². The summed E-state index contributed by atoms with van der Waals surface area (Å²) >= 11 is 0. The van der Waals surface area contributed by atoms with Gasteiger partial charge in [-0.3, -0.25) is 4.79 Å². The number of carbonyl (C=O) groups excluding carboxylic acids is 1. The Hall–Kier alpha value is -1.55. The Morgan fingerprint density at radius 2 is 2.11 bits per heavy atom. The van der Waals surface area contributed by atoms with E-state index in [1.807, 2.05) is 6.92 Å². The first kappa shape index (κ1) is 12.5. The lowest BCUT2D eigenvalue weighted by Gasteiger charge is -2.27. The van der Waals surface area contributed by atoms with E-state index < -0.39 is 0 Å². The van der Waals surface area contributed by atoms with Crippen molar-refractivity contribution in [2.75, 3.05) is 5.32 Å². The second-order valence-corrected chi connectivity index (χ2v) is 5.92. The fraction of sp³-hybridized carbons (Fsp3) is 0.533. The highest BCUT2D eigenvalue weighted by Gasteiger charge is 2.49. The van der Waals surface area contributed by atoms with E-state index >= 15 is 0 Å². The molecule has 0 aromatic heterocycles. The van der Waals surface area contributed by atoms with Gasteiger partial charge >= 0.3 is 0 Å². The number of fused-ring (bicyclic) bond motifs is 2. The first-order valence-corrected chi connectivity index (χ1v) is 6.92. The van der Waals surface area contributed by atoms with E-state index in [-0.39, 0.29) is 23.6 Å². The molecule has 0 saturated heterocycles. The van der Waals surface area contributed by atoms with Crippen molar-refractivity contribution < 1.29 is 9.90 Å². The van der Waals surface area contributed by atoms with Crippen LogP contribution in [0.5, 0.6) is 5.75 Å². The number of rotatable bonds is 2. The zero-order chi connectivity index (χ0) is 13.6. The van der Waals surface area contributed by atoms with Crippen molar-refractivity contribution in [2.24, 2.45) is 23.5 Å². The summed E-state index contributed by atoms with van der Waals surface area (Å²) in [5.74, 6) is 1.19. The van der Waals surface area contributed by atoms with Gasteiger partial charge < -0.3 is 16.2 Å². The van der Waals surface area contributed by atoms with Crippen molar-refractivity contribution in [3.63, 3.8) is 0 Å². The average Bonchev–Trinajstić information content (AvgIpc) is 2.93. The number of hydrogen-bond donors (Lipinski definition) is 3. The largest absolute Gasteiger partial charge is 0.508 e. The lowest BCUT2D eigenvalue weighted by molar-refractivity contribution is -0.121. The molecule has 2 aliphatic carbocycles. The molecule has 0 aliphatic heterocycles. The van der Waals surface area contributed by atoms with E-state index in [2.05, 4.69) is 5.32 Å². The molecule has 2 saturated carbocycles. The zero-order valence-electron chi connectivity index (χ0n) is 11.1. The van der Waals surface area contributed by atoms with Gasteiger partial charge in [0, 0.05) is 11.7 Å². The number of phenols is 1. The number of hydrogen-bond acceptors (Lipinski definition) is 3. The Kier molecular flexibility index (Phi) is 2.97. The fourth-order valence-electron chi connectivity index (χ4n) is 3.73. The lowest BCUT2D eigenvalue weighted by Crippen LogP contribution is -2.42. The van der Waals surface area contributed by atoms with Crippen LogP contribution in [0.1, 0.15) is 24.8 Å². The molecule has 0 spiro atoms. The predicted octanol–water partition coefficient (Wildman–Crippen LogP) is 2.01. The van der Waals surface area contributed by atoms with Crippen LogP contribution in [0.3, 0.4) is 0 Å². The summed E-state index contributed by atoms with van der Waals surface area (Å²) in [6.07, 6.45) is 3.41. The molecule has 1 amide bonds. The van der Waals surface area contributed by atoms with Crippen LogP contribution in [0.15, 0.2) is 18.2 Å². The number of aryl methyl sites for hydroxylation is 1. The number of nitrogens with one attached hydrogen (secondary N) is 1. The third-order valence-corrected chi connectivity index (χ3v) is 4.75. The highest BCUT2D eigenvalue weighted by Crippen LogP contribution is 2.47. The van der Waals surface area contributed by atoms with Crippen molar-refractivity contribution in [1.29, 1.82) is 0 Å². The normalized spacial score (nSPS) is 32.5. The van der Waals surface area contributed by atoms with Crippen LogP contribution in [0.25, 0.3) is 0 Å². The van der Waals surface area contributed by atoms with Crippen molar-refractivity contribution >= 4 is 11.6 Å². The fourth-order valence-corrected chi connectivity index (χ4v) is 3.73. The zero-order valence-corrected chi connectivity index (χ0v) is 11.1. The van der Waals surface area contributed by atoms with Crippen molar-refractivity contribution in [3.8, 4) is 5.75 Å². The van der Waals surface area contributed by atoms with Crippen LogP contribution in [0.4, 0.5) is 5.69 Å². The predicted molar refractivity (Wildman–Crippen MR) is 73.8 cm³/mol. The maximum Gasteiger partial charge on any atom is 0.229 e. The molecular formula is C15H20N2O2. The Balaban J connectivity index is 1.75. The topological polar surface area (TPSA) is 75.3 Å². The highest BCUT2D eigenvalue weighted by atomic mass is 16.3. The second-order valence-electron chi connectivity index (χ2n) is 5.92.